The first-order chi connectivity index (χ1) is 13.6. The van der Waals surface area contributed by atoms with Crippen LogP contribution in [-0.4, -0.2) is 32.4 Å². The van der Waals surface area contributed by atoms with Crippen LogP contribution in [0.15, 0.2) is 60.7 Å². The molecule has 0 radical (unpaired) electrons. The Labute approximate surface area is 167 Å². The molecular formula is C23H29NO4. The quantitative estimate of drug-likeness (QED) is 0.447. The lowest BCUT2D eigenvalue weighted by molar-refractivity contribution is -0.123. The van der Waals surface area contributed by atoms with E-state index in [2.05, 4.69) is 6.07 Å². The molecule has 28 heavy (non-hydrogen) atoms. The van der Waals surface area contributed by atoms with Gasteiger partial charge in [0.2, 0.25) is 0 Å². The Morgan fingerprint density at radius 2 is 1.43 bits per heavy atom. The molecule has 2 aromatic rings. The van der Waals surface area contributed by atoms with Crippen molar-refractivity contribution in [3.63, 3.8) is 0 Å². The van der Waals surface area contributed by atoms with Gasteiger partial charge in [-0.25, -0.2) is 0 Å². The highest BCUT2D eigenvalue weighted by molar-refractivity contribution is 5.51. The number of hydrogen-bond donors (Lipinski definition) is 0. The second-order valence-electron chi connectivity index (χ2n) is 5.85. The van der Waals surface area contributed by atoms with Gasteiger partial charge in [0, 0.05) is 13.2 Å². The minimum Gasteiger partial charge on any atom is -0.357 e. The van der Waals surface area contributed by atoms with E-state index in [-0.39, 0.29) is 19.3 Å². The van der Waals surface area contributed by atoms with E-state index in [9.17, 15) is 10.1 Å². The number of carbonyl (C=O) groups is 1. The molecular weight excluding hydrogens is 354 g/mol. The van der Waals surface area contributed by atoms with Crippen LogP contribution in [0.1, 0.15) is 38.3 Å². The molecule has 150 valence electrons. The van der Waals surface area contributed by atoms with Gasteiger partial charge in [-0.2, -0.15) is 5.26 Å². The lowest BCUT2D eigenvalue weighted by Gasteiger charge is -2.32. The van der Waals surface area contributed by atoms with Crippen molar-refractivity contribution in [2.75, 3.05) is 19.8 Å². The smallest absolute Gasteiger partial charge is 0.154 e. The van der Waals surface area contributed by atoms with E-state index in [1.807, 2.05) is 81.4 Å². The Morgan fingerprint density at radius 1 is 0.964 bits per heavy atom. The summed E-state index contributed by atoms with van der Waals surface area (Å²) in [4.78, 5) is 10.7. The zero-order valence-electron chi connectivity index (χ0n) is 16.8. The lowest BCUT2D eigenvalue weighted by Crippen LogP contribution is -2.31. The van der Waals surface area contributed by atoms with Gasteiger partial charge < -0.3 is 19.0 Å². The molecule has 0 atom stereocenters. The van der Waals surface area contributed by atoms with Crippen molar-refractivity contribution < 1.29 is 19.0 Å². The molecule has 0 aliphatic rings. The van der Waals surface area contributed by atoms with E-state index in [0.29, 0.717) is 6.29 Å². The fraction of sp³-hybridized carbons (Fsp3) is 0.391. The van der Waals surface area contributed by atoms with Crippen LogP contribution in [0.2, 0.25) is 0 Å². The average molecular weight is 383 g/mol. The van der Waals surface area contributed by atoms with Gasteiger partial charge in [0.05, 0.1) is 12.5 Å². The lowest BCUT2D eigenvalue weighted by atomic mass is 9.83. The number of aldehydes is 1. The molecule has 0 heterocycles. The minimum absolute atomic E-state index is 0.0370. The van der Waals surface area contributed by atoms with Gasteiger partial charge in [0.15, 0.2) is 6.29 Å². The van der Waals surface area contributed by atoms with Crippen molar-refractivity contribution in [1.29, 1.82) is 5.26 Å². The molecule has 0 amide bonds. The fourth-order valence-corrected chi connectivity index (χ4v) is 2.81. The van der Waals surface area contributed by atoms with Crippen molar-refractivity contribution in [2.24, 2.45) is 0 Å². The molecule has 0 unspecified atom stereocenters. The summed E-state index contributed by atoms with van der Waals surface area (Å²) >= 11 is 0. The largest absolute Gasteiger partial charge is 0.357 e. The molecule has 0 saturated carbocycles. The molecule has 0 aliphatic heterocycles. The molecule has 0 bridgehead atoms. The molecule has 0 saturated heterocycles. The molecule has 2 aromatic carbocycles. The Bertz CT molecular complexity index is 652. The summed E-state index contributed by atoms with van der Waals surface area (Å²) in [6.45, 7) is 7.20. The van der Waals surface area contributed by atoms with Crippen LogP contribution in [0.5, 0.6) is 0 Å². The predicted molar refractivity (Wildman–Crippen MR) is 109 cm³/mol. The molecule has 0 N–H and O–H groups in total. The minimum atomic E-state index is -0.905. The zero-order valence-corrected chi connectivity index (χ0v) is 16.8. The van der Waals surface area contributed by atoms with E-state index in [0.717, 1.165) is 24.3 Å². The highest BCUT2D eigenvalue weighted by Crippen LogP contribution is 2.36. The number of carbonyl (C=O) groups excluding carboxylic acids is 1. The van der Waals surface area contributed by atoms with Gasteiger partial charge in [-0.15, -0.1) is 0 Å². The maximum absolute atomic E-state index is 10.7. The summed E-state index contributed by atoms with van der Waals surface area (Å²) in [5, 5.41) is 9.21. The van der Waals surface area contributed by atoms with E-state index >= 15 is 0 Å². The van der Waals surface area contributed by atoms with Crippen LogP contribution in [0.25, 0.3) is 0 Å². The van der Waals surface area contributed by atoms with Crippen molar-refractivity contribution >= 4 is 6.29 Å². The van der Waals surface area contributed by atoms with E-state index < -0.39 is 5.60 Å². The van der Waals surface area contributed by atoms with Crippen LogP contribution in [0.3, 0.4) is 0 Å². The first kappa shape index (κ1) is 23.5. The Morgan fingerprint density at radius 3 is 1.79 bits per heavy atom. The maximum Gasteiger partial charge on any atom is 0.154 e. The molecule has 0 fully saturated rings. The normalized spacial score (nSPS) is 10.7. The highest BCUT2D eigenvalue weighted by Gasteiger charge is 2.35. The zero-order chi connectivity index (χ0) is 20.7. The number of benzene rings is 2. The number of hydrogen-bond acceptors (Lipinski definition) is 5. The van der Waals surface area contributed by atoms with Crippen molar-refractivity contribution in [3.8, 4) is 6.07 Å². The molecule has 5 nitrogen and oxygen atoms in total. The fourth-order valence-electron chi connectivity index (χ4n) is 2.81. The van der Waals surface area contributed by atoms with Crippen LogP contribution in [-0.2, 0) is 24.6 Å². The van der Waals surface area contributed by atoms with E-state index in [4.69, 9.17) is 14.2 Å². The molecule has 2 rings (SSSR count). The second kappa shape index (κ2) is 13.6. The number of nitrogens with zero attached hydrogens (tertiary/aromatic N) is 1. The topological polar surface area (TPSA) is 68.6 Å². The van der Waals surface area contributed by atoms with Crippen LogP contribution < -0.4 is 0 Å². The van der Waals surface area contributed by atoms with Crippen LogP contribution >= 0.6 is 0 Å². The number of rotatable bonds is 10. The summed E-state index contributed by atoms with van der Waals surface area (Å²) in [7, 11) is 0. The molecule has 0 aliphatic carbocycles. The Balaban J connectivity index is 0.000000416. The highest BCUT2D eigenvalue weighted by atomic mass is 16.7. The number of nitriles is 1. The van der Waals surface area contributed by atoms with Gasteiger partial charge >= 0.3 is 0 Å². The summed E-state index contributed by atoms with van der Waals surface area (Å²) in [6.07, 6.45) is 0.817. The van der Waals surface area contributed by atoms with E-state index in [1.54, 1.807) is 0 Å². The van der Waals surface area contributed by atoms with Gasteiger partial charge in [-0.1, -0.05) is 60.7 Å². The van der Waals surface area contributed by atoms with Crippen LogP contribution in [0.4, 0.5) is 0 Å². The summed E-state index contributed by atoms with van der Waals surface area (Å²) in [5.41, 5.74) is 0.835. The third kappa shape index (κ3) is 7.24. The van der Waals surface area contributed by atoms with Gasteiger partial charge in [-0.3, -0.25) is 0 Å². The second-order valence-corrected chi connectivity index (χ2v) is 5.85. The average Bonchev–Trinajstić information content (AvgIpc) is 2.73. The number of ether oxygens (including phenoxy) is 3. The molecule has 5 heteroatoms. The van der Waals surface area contributed by atoms with Crippen molar-refractivity contribution in [1.82, 2.24) is 0 Å². The third-order valence-corrected chi connectivity index (χ3v) is 4.01. The first-order valence-electron chi connectivity index (χ1n) is 9.43. The van der Waals surface area contributed by atoms with Gasteiger partial charge in [0.1, 0.15) is 18.5 Å². The molecule has 0 spiro atoms. The van der Waals surface area contributed by atoms with Crippen molar-refractivity contribution in [3.05, 3.63) is 71.8 Å². The standard InChI is InChI=1S/C17H15NO2.C6H14O2/c18-12-11-17(20-14-13-19,15-7-3-1-4-8-15)16-9-5-2-6-10-16;1-4-7-6(3)8-5-2/h1-10,13H,11,14H2;6H,4-5H2,1-3H3. The Kier molecular flexibility index (Phi) is 11.4. The van der Waals surface area contributed by atoms with E-state index in [1.165, 1.54) is 0 Å². The SMILES string of the molecule is CCOC(C)OCC.N#CCC(OCC=O)(c1ccccc1)c1ccccc1. The third-order valence-electron chi connectivity index (χ3n) is 4.01. The summed E-state index contributed by atoms with van der Waals surface area (Å²) in [6, 6.07) is 21.2. The predicted octanol–water partition coefficient (Wildman–Crippen LogP) is 4.46. The van der Waals surface area contributed by atoms with Gasteiger partial charge in [-0.05, 0) is 31.9 Å². The Hall–Kier alpha value is -2.52. The monoisotopic (exact) mass is 383 g/mol. The molecule has 0 aromatic heterocycles. The van der Waals surface area contributed by atoms with Crippen LogP contribution in [0, 0.1) is 11.3 Å². The summed E-state index contributed by atoms with van der Waals surface area (Å²) < 4.78 is 15.9. The summed E-state index contributed by atoms with van der Waals surface area (Å²) in [5.74, 6) is 0. The van der Waals surface area contributed by atoms with Crippen molar-refractivity contribution in [2.45, 2.75) is 39.1 Å². The first-order valence-corrected chi connectivity index (χ1v) is 9.43. The maximum atomic E-state index is 10.7. The van der Waals surface area contributed by atoms with Gasteiger partial charge in [0.25, 0.3) is 0 Å².